The Balaban J connectivity index is 2.45. The fraction of sp³-hybridized carbons (Fsp3) is 0.364. The van der Waals surface area contributed by atoms with Crippen LogP contribution in [0.25, 0.3) is 0 Å². The van der Waals surface area contributed by atoms with Gasteiger partial charge >= 0.3 is 6.18 Å². The molecule has 0 unspecified atom stereocenters. The third-order valence-corrected chi connectivity index (χ3v) is 4.01. The summed E-state index contributed by atoms with van der Waals surface area (Å²) in [5, 5.41) is 0. The largest absolute Gasteiger partial charge is 0.405 e. The molecule has 0 fully saturated rings. The standard InChI is InChI=1S/C11H12F3N3O2S/c12-11(13,14)7-17(6-5-15)10-8-3-1-2-4-9(8)20(18,19)16-10/h1-4H,5-7,15H2. The molecule has 1 aliphatic heterocycles. The highest BCUT2D eigenvalue weighted by Crippen LogP contribution is 2.28. The highest BCUT2D eigenvalue weighted by Gasteiger charge is 2.37. The second-order valence-electron chi connectivity index (χ2n) is 4.21. The second-order valence-corrected chi connectivity index (χ2v) is 5.78. The number of fused-ring (bicyclic) bond motifs is 1. The lowest BCUT2D eigenvalue weighted by Crippen LogP contribution is -2.41. The molecule has 1 aliphatic rings. The van der Waals surface area contributed by atoms with Crippen LogP contribution in [-0.4, -0.2) is 45.0 Å². The number of sulfonamides is 1. The molecule has 110 valence electrons. The summed E-state index contributed by atoms with van der Waals surface area (Å²) >= 11 is 0. The highest BCUT2D eigenvalue weighted by atomic mass is 32.2. The van der Waals surface area contributed by atoms with Crippen LogP contribution in [0.4, 0.5) is 13.2 Å². The lowest BCUT2D eigenvalue weighted by Gasteiger charge is -2.24. The maximum atomic E-state index is 12.6. The molecule has 1 aromatic carbocycles. The normalized spacial score (nSPS) is 16.7. The van der Waals surface area contributed by atoms with Gasteiger partial charge in [0.15, 0.2) is 5.84 Å². The Labute approximate surface area is 114 Å². The van der Waals surface area contributed by atoms with E-state index >= 15 is 0 Å². The quantitative estimate of drug-likeness (QED) is 0.902. The molecule has 0 atom stereocenters. The summed E-state index contributed by atoms with van der Waals surface area (Å²) in [7, 11) is -3.94. The zero-order valence-corrected chi connectivity index (χ0v) is 11.1. The summed E-state index contributed by atoms with van der Waals surface area (Å²) in [4.78, 5) is 0.753. The van der Waals surface area contributed by atoms with E-state index in [1.54, 1.807) is 6.07 Å². The smallest absolute Gasteiger partial charge is 0.345 e. The number of hydrogen-bond donors (Lipinski definition) is 1. The van der Waals surface area contributed by atoms with Crippen molar-refractivity contribution in [1.82, 2.24) is 4.90 Å². The molecule has 0 radical (unpaired) electrons. The summed E-state index contributed by atoms with van der Waals surface area (Å²) in [5.41, 5.74) is 5.46. The summed E-state index contributed by atoms with van der Waals surface area (Å²) in [5.74, 6) is -0.205. The third-order valence-electron chi connectivity index (χ3n) is 2.68. The van der Waals surface area contributed by atoms with Crippen LogP contribution in [0, 0.1) is 0 Å². The first-order chi connectivity index (χ1) is 9.24. The van der Waals surface area contributed by atoms with Crippen LogP contribution in [0.2, 0.25) is 0 Å². The molecular weight excluding hydrogens is 295 g/mol. The fourth-order valence-electron chi connectivity index (χ4n) is 1.95. The molecule has 0 bridgehead atoms. The molecule has 9 heteroatoms. The highest BCUT2D eigenvalue weighted by molar-refractivity contribution is 7.90. The minimum Gasteiger partial charge on any atom is -0.345 e. The van der Waals surface area contributed by atoms with Crippen molar-refractivity contribution in [2.24, 2.45) is 10.1 Å². The summed E-state index contributed by atoms with van der Waals surface area (Å²) < 4.78 is 64.8. The van der Waals surface area contributed by atoms with Crippen LogP contribution < -0.4 is 5.73 Å². The van der Waals surface area contributed by atoms with Crippen LogP contribution in [0.1, 0.15) is 5.56 Å². The van der Waals surface area contributed by atoms with E-state index in [9.17, 15) is 21.6 Å². The van der Waals surface area contributed by atoms with Gasteiger partial charge in [-0.2, -0.15) is 21.6 Å². The van der Waals surface area contributed by atoms with Gasteiger partial charge in [0.05, 0.1) is 0 Å². The predicted octanol–water partition coefficient (Wildman–Crippen LogP) is 0.959. The predicted molar refractivity (Wildman–Crippen MR) is 66.8 cm³/mol. The van der Waals surface area contributed by atoms with Crippen molar-refractivity contribution < 1.29 is 21.6 Å². The van der Waals surface area contributed by atoms with Gasteiger partial charge < -0.3 is 10.6 Å². The van der Waals surface area contributed by atoms with Crippen molar-refractivity contribution in [3.8, 4) is 0 Å². The number of hydrogen-bond acceptors (Lipinski definition) is 4. The molecule has 0 saturated heterocycles. The number of amidine groups is 1. The molecule has 1 aromatic rings. The Morgan fingerprint density at radius 1 is 1.25 bits per heavy atom. The van der Waals surface area contributed by atoms with Crippen molar-refractivity contribution in [2.45, 2.75) is 11.1 Å². The molecular formula is C11H12F3N3O2S. The van der Waals surface area contributed by atoms with E-state index in [1.165, 1.54) is 18.2 Å². The summed E-state index contributed by atoms with van der Waals surface area (Å²) in [6, 6.07) is 5.78. The third kappa shape index (κ3) is 2.93. The zero-order valence-electron chi connectivity index (χ0n) is 10.3. The first-order valence-electron chi connectivity index (χ1n) is 5.71. The van der Waals surface area contributed by atoms with E-state index in [1.807, 2.05) is 0 Å². The van der Waals surface area contributed by atoms with E-state index in [4.69, 9.17) is 5.73 Å². The average molecular weight is 307 g/mol. The van der Waals surface area contributed by atoms with E-state index in [0.29, 0.717) is 0 Å². The van der Waals surface area contributed by atoms with Crippen LogP contribution in [-0.2, 0) is 10.0 Å². The average Bonchev–Trinajstić information content (AvgIpc) is 2.60. The molecule has 0 saturated carbocycles. The van der Waals surface area contributed by atoms with Gasteiger partial charge in [-0.1, -0.05) is 12.1 Å². The minimum atomic E-state index is -4.47. The first-order valence-corrected chi connectivity index (χ1v) is 7.15. The van der Waals surface area contributed by atoms with Crippen LogP contribution >= 0.6 is 0 Å². The molecule has 0 aromatic heterocycles. The first kappa shape index (κ1) is 14.8. The van der Waals surface area contributed by atoms with Gasteiger partial charge in [-0.15, -0.1) is 4.40 Å². The van der Waals surface area contributed by atoms with E-state index < -0.39 is 22.7 Å². The van der Waals surface area contributed by atoms with Crippen molar-refractivity contribution in [3.05, 3.63) is 29.8 Å². The van der Waals surface area contributed by atoms with Crippen molar-refractivity contribution in [3.63, 3.8) is 0 Å². The monoisotopic (exact) mass is 307 g/mol. The van der Waals surface area contributed by atoms with Crippen LogP contribution in [0.5, 0.6) is 0 Å². The van der Waals surface area contributed by atoms with Crippen molar-refractivity contribution >= 4 is 15.9 Å². The molecule has 20 heavy (non-hydrogen) atoms. The van der Waals surface area contributed by atoms with E-state index in [-0.39, 0.29) is 29.4 Å². The van der Waals surface area contributed by atoms with Crippen molar-refractivity contribution in [1.29, 1.82) is 0 Å². The number of nitrogens with zero attached hydrogens (tertiary/aromatic N) is 2. The molecule has 2 N–H and O–H groups in total. The number of halogens is 3. The van der Waals surface area contributed by atoms with Gasteiger partial charge in [-0.3, -0.25) is 0 Å². The molecule has 5 nitrogen and oxygen atoms in total. The Bertz CT molecular complexity index is 641. The van der Waals surface area contributed by atoms with Gasteiger partial charge in [-0.25, -0.2) is 0 Å². The van der Waals surface area contributed by atoms with Crippen LogP contribution in [0.3, 0.4) is 0 Å². The minimum absolute atomic E-state index is 0.0443. The molecule has 0 spiro atoms. The van der Waals surface area contributed by atoms with Gasteiger partial charge in [0.25, 0.3) is 10.0 Å². The Morgan fingerprint density at radius 3 is 2.50 bits per heavy atom. The number of nitrogens with two attached hydrogens (primary N) is 1. The second kappa shape index (κ2) is 5.06. The van der Waals surface area contributed by atoms with Gasteiger partial charge in [0.1, 0.15) is 11.4 Å². The number of alkyl halides is 3. The zero-order chi connectivity index (χ0) is 15.0. The van der Waals surface area contributed by atoms with E-state index in [0.717, 1.165) is 4.90 Å². The summed E-state index contributed by atoms with van der Waals surface area (Å²) in [6.45, 7) is -1.48. The lowest BCUT2D eigenvalue weighted by atomic mass is 10.2. The maximum Gasteiger partial charge on any atom is 0.405 e. The SMILES string of the molecule is NCCN(CC(F)(F)F)C1=NS(=O)(=O)c2ccccc21. The van der Waals surface area contributed by atoms with E-state index in [2.05, 4.69) is 4.40 Å². The Morgan fingerprint density at radius 2 is 1.90 bits per heavy atom. The molecule has 0 aliphatic carbocycles. The van der Waals surface area contributed by atoms with Crippen LogP contribution in [0.15, 0.2) is 33.6 Å². The van der Waals surface area contributed by atoms with Gasteiger partial charge in [0, 0.05) is 18.7 Å². The van der Waals surface area contributed by atoms with Gasteiger partial charge in [0.2, 0.25) is 0 Å². The Hall–Kier alpha value is -1.61. The maximum absolute atomic E-state index is 12.6. The Kier molecular flexibility index (Phi) is 3.74. The summed E-state index contributed by atoms with van der Waals surface area (Å²) in [6.07, 6.45) is -4.47. The molecule has 0 amide bonds. The molecule has 1 heterocycles. The topological polar surface area (TPSA) is 75.8 Å². The van der Waals surface area contributed by atoms with Gasteiger partial charge in [-0.05, 0) is 12.1 Å². The lowest BCUT2D eigenvalue weighted by molar-refractivity contribution is -0.137. The van der Waals surface area contributed by atoms with Crippen molar-refractivity contribution in [2.75, 3.05) is 19.6 Å². The number of rotatable bonds is 3. The fourth-order valence-corrected chi connectivity index (χ4v) is 3.18. The molecule has 2 rings (SSSR count). The number of benzene rings is 1.